The van der Waals surface area contributed by atoms with Gasteiger partial charge in [-0.15, -0.1) is 5.10 Å². The molecular formula is C16H20N4O. The SMILES string of the molecule is CC(C)CC(=O)N1CC(n2cc(-c3ccccc3)nn2)C1. The molecule has 2 aromatic rings. The Hall–Kier alpha value is -2.17. The van der Waals surface area contributed by atoms with Crippen LogP contribution in [0.25, 0.3) is 11.3 Å². The second kappa shape index (κ2) is 5.68. The predicted octanol–water partition coefficient (Wildman–Crippen LogP) is 2.37. The number of amides is 1. The summed E-state index contributed by atoms with van der Waals surface area (Å²) in [5.74, 6) is 0.650. The molecule has 0 N–H and O–H groups in total. The van der Waals surface area contributed by atoms with E-state index >= 15 is 0 Å². The summed E-state index contributed by atoms with van der Waals surface area (Å²) in [5, 5.41) is 8.42. The van der Waals surface area contributed by atoms with Gasteiger partial charge in [-0.2, -0.15) is 0 Å². The van der Waals surface area contributed by atoms with E-state index < -0.39 is 0 Å². The predicted molar refractivity (Wildman–Crippen MR) is 80.5 cm³/mol. The number of carbonyl (C=O) groups is 1. The van der Waals surface area contributed by atoms with Crippen molar-refractivity contribution in [1.82, 2.24) is 19.9 Å². The van der Waals surface area contributed by atoms with Crippen LogP contribution in [0.15, 0.2) is 36.5 Å². The van der Waals surface area contributed by atoms with Crippen LogP contribution in [-0.2, 0) is 4.79 Å². The molecule has 2 heterocycles. The molecule has 0 aliphatic carbocycles. The van der Waals surface area contributed by atoms with E-state index in [9.17, 15) is 4.79 Å². The fourth-order valence-corrected chi connectivity index (χ4v) is 2.50. The Morgan fingerprint density at radius 1 is 1.29 bits per heavy atom. The van der Waals surface area contributed by atoms with Crippen LogP contribution < -0.4 is 0 Å². The molecule has 0 saturated carbocycles. The van der Waals surface area contributed by atoms with Crippen LogP contribution in [0.1, 0.15) is 26.3 Å². The zero-order valence-corrected chi connectivity index (χ0v) is 12.4. The highest BCUT2D eigenvalue weighted by Crippen LogP contribution is 2.24. The Labute approximate surface area is 124 Å². The number of nitrogens with zero attached hydrogens (tertiary/aromatic N) is 4. The molecule has 0 radical (unpaired) electrons. The quantitative estimate of drug-likeness (QED) is 0.866. The lowest BCUT2D eigenvalue weighted by atomic mass is 10.1. The van der Waals surface area contributed by atoms with Gasteiger partial charge in [0, 0.05) is 25.1 Å². The Morgan fingerprint density at radius 2 is 2.00 bits per heavy atom. The van der Waals surface area contributed by atoms with E-state index in [4.69, 9.17) is 0 Å². The molecule has 5 nitrogen and oxygen atoms in total. The summed E-state index contributed by atoms with van der Waals surface area (Å²) in [7, 11) is 0. The third-order valence-corrected chi connectivity index (χ3v) is 3.75. The van der Waals surface area contributed by atoms with Gasteiger partial charge in [0.05, 0.1) is 12.2 Å². The topological polar surface area (TPSA) is 51.0 Å². The molecule has 1 saturated heterocycles. The minimum absolute atomic E-state index is 0.240. The first-order valence-corrected chi connectivity index (χ1v) is 7.38. The van der Waals surface area contributed by atoms with Crippen molar-refractivity contribution in [2.45, 2.75) is 26.3 Å². The van der Waals surface area contributed by atoms with Crippen LogP contribution in [0, 0.1) is 5.92 Å². The van der Waals surface area contributed by atoms with Crippen LogP contribution >= 0.6 is 0 Å². The molecule has 1 fully saturated rings. The number of hydrogen-bond donors (Lipinski definition) is 0. The van der Waals surface area contributed by atoms with Gasteiger partial charge in [0.1, 0.15) is 5.69 Å². The van der Waals surface area contributed by atoms with Crippen molar-refractivity contribution in [2.75, 3.05) is 13.1 Å². The van der Waals surface area contributed by atoms with E-state index in [2.05, 4.69) is 24.2 Å². The number of carbonyl (C=O) groups excluding carboxylic acids is 1. The third-order valence-electron chi connectivity index (χ3n) is 3.75. The van der Waals surface area contributed by atoms with Crippen LogP contribution in [0.5, 0.6) is 0 Å². The van der Waals surface area contributed by atoms with E-state index in [1.165, 1.54) is 0 Å². The van der Waals surface area contributed by atoms with Gasteiger partial charge in [-0.1, -0.05) is 49.4 Å². The van der Waals surface area contributed by atoms with Gasteiger partial charge in [0.2, 0.25) is 5.91 Å². The molecular weight excluding hydrogens is 264 g/mol. The highest BCUT2D eigenvalue weighted by Gasteiger charge is 2.32. The molecule has 1 amide bonds. The fraction of sp³-hybridized carbons (Fsp3) is 0.438. The van der Waals surface area contributed by atoms with Crippen molar-refractivity contribution >= 4 is 5.91 Å². The largest absolute Gasteiger partial charge is 0.338 e. The summed E-state index contributed by atoms with van der Waals surface area (Å²) in [6.07, 6.45) is 2.59. The molecule has 0 unspecified atom stereocenters. The number of aromatic nitrogens is 3. The Balaban J connectivity index is 1.61. The van der Waals surface area contributed by atoms with Gasteiger partial charge < -0.3 is 4.90 Å². The molecule has 1 aliphatic rings. The van der Waals surface area contributed by atoms with Gasteiger partial charge in [0.25, 0.3) is 0 Å². The standard InChI is InChI=1S/C16H20N4O/c1-12(2)8-16(21)19-9-14(10-19)20-11-15(17-18-20)13-6-4-3-5-7-13/h3-7,11-12,14H,8-10H2,1-2H3. The van der Waals surface area contributed by atoms with Crippen LogP contribution in [-0.4, -0.2) is 38.9 Å². The number of rotatable bonds is 4. The van der Waals surface area contributed by atoms with Crippen LogP contribution in [0.2, 0.25) is 0 Å². The molecule has 1 aliphatic heterocycles. The van der Waals surface area contributed by atoms with Crippen molar-refractivity contribution in [3.05, 3.63) is 36.5 Å². The monoisotopic (exact) mass is 284 g/mol. The molecule has 0 spiro atoms. The van der Waals surface area contributed by atoms with Crippen molar-refractivity contribution in [1.29, 1.82) is 0 Å². The Kier molecular flexibility index (Phi) is 3.73. The molecule has 3 rings (SSSR count). The fourth-order valence-electron chi connectivity index (χ4n) is 2.50. The minimum Gasteiger partial charge on any atom is -0.338 e. The summed E-state index contributed by atoms with van der Waals surface area (Å²) >= 11 is 0. The maximum atomic E-state index is 11.9. The van der Waals surface area contributed by atoms with E-state index in [0.717, 1.165) is 24.3 Å². The molecule has 1 aromatic heterocycles. The maximum Gasteiger partial charge on any atom is 0.222 e. The Bertz CT molecular complexity index is 614. The molecule has 1 aromatic carbocycles. The average molecular weight is 284 g/mol. The summed E-state index contributed by atoms with van der Waals surface area (Å²) in [4.78, 5) is 13.8. The zero-order chi connectivity index (χ0) is 14.8. The lowest BCUT2D eigenvalue weighted by Crippen LogP contribution is -2.51. The zero-order valence-electron chi connectivity index (χ0n) is 12.4. The van der Waals surface area contributed by atoms with E-state index in [1.54, 1.807) is 0 Å². The molecule has 21 heavy (non-hydrogen) atoms. The molecule has 110 valence electrons. The number of benzene rings is 1. The van der Waals surface area contributed by atoms with Crippen molar-refractivity contribution < 1.29 is 4.79 Å². The molecule has 0 bridgehead atoms. The maximum absolute atomic E-state index is 11.9. The van der Waals surface area contributed by atoms with Crippen molar-refractivity contribution in [3.63, 3.8) is 0 Å². The summed E-state index contributed by atoms with van der Waals surface area (Å²) < 4.78 is 1.88. The lowest BCUT2D eigenvalue weighted by molar-refractivity contribution is -0.138. The Morgan fingerprint density at radius 3 is 2.67 bits per heavy atom. The highest BCUT2D eigenvalue weighted by molar-refractivity contribution is 5.77. The van der Waals surface area contributed by atoms with Gasteiger partial charge in [-0.05, 0) is 5.92 Å². The van der Waals surface area contributed by atoms with Crippen molar-refractivity contribution in [2.24, 2.45) is 5.92 Å². The summed E-state index contributed by atoms with van der Waals surface area (Å²) in [6, 6.07) is 10.3. The van der Waals surface area contributed by atoms with Crippen LogP contribution in [0.4, 0.5) is 0 Å². The number of likely N-dealkylation sites (tertiary alicyclic amines) is 1. The summed E-state index contributed by atoms with van der Waals surface area (Å²) in [5.41, 5.74) is 1.94. The second-order valence-electron chi connectivity index (χ2n) is 6.00. The third kappa shape index (κ3) is 2.96. The van der Waals surface area contributed by atoms with Crippen LogP contribution in [0.3, 0.4) is 0 Å². The number of hydrogen-bond acceptors (Lipinski definition) is 3. The summed E-state index contributed by atoms with van der Waals surface area (Å²) in [6.45, 7) is 5.61. The smallest absolute Gasteiger partial charge is 0.222 e. The second-order valence-corrected chi connectivity index (χ2v) is 6.00. The van der Waals surface area contributed by atoms with E-state index in [0.29, 0.717) is 12.3 Å². The lowest BCUT2D eigenvalue weighted by Gasteiger charge is -2.39. The molecule has 5 heteroatoms. The first-order valence-electron chi connectivity index (χ1n) is 7.38. The van der Waals surface area contributed by atoms with Gasteiger partial charge >= 0.3 is 0 Å². The highest BCUT2D eigenvalue weighted by atomic mass is 16.2. The van der Waals surface area contributed by atoms with Crippen molar-refractivity contribution in [3.8, 4) is 11.3 Å². The van der Waals surface area contributed by atoms with E-state index in [1.807, 2.05) is 46.1 Å². The van der Waals surface area contributed by atoms with Gasteiger partial charge in [-0.25, -0.2) is 4.68 Å². The average Bonchev–Trinajstić information content (AvgIpc) is 2.86. The first kappa shape index (κ1) is 13.8. The van der Waals surface area contributed by atoms with Gasteiger partial charge in [-0.3, -0.25) is 4.79 Å². The van der Waals surface area contributed by atoms with E-state index in [-0.39, 0.29) is 11.9 Å². The normalized spacial score (nSPS) is 15.3. The minimum atomic E-state index is 0.240. The van der Waals surface area contributed by atoms with Gasteiger partial charge in [0.15, 0.2) is 0 Å². The molecule has 0 atom stereocenters. The first-order chi connectivity index (χ1) is 10.1.